The SMILES string of the molecule is CCOc1cc(/C=N/NC(=O)c2ccccc2)cc(Cl)c1OCC(C)C. The number of amides is 1. The van der Waals surface area contributed by atoms with Crippen molar-refractivity contribution in [2.24, 2.45) is 11.0 Å². The van der Waals surface area contributed by atoms with Gasteiger partial charge in [-0.15, -0.1) is 0 Å². The Hall–Kier alpha value is -2.53. The summed E-state index contributed by atoms with van der Waals surface area (Å²) < 4.78 is 11.4. The van der Waals surface area contributed by atoms with E-state index in [9.17, 15) is 4.79 Å². The van der Waals surface area contributed by atoms with Crippen molar-refractivity contribution in [3.63, 3.8) is 0 Å². The molecule has 2 aromatic rings. The molecular formula is C20H23ClN2O3. The number of nitrogens with zero attached hydrogens (tertiary/aromatic N) is 1. The van der Waals surface area contributed by atoms with Crippen LogP contribution in [0.25, 0.3) is 0 Å². The van der Waals surface area contributed by atoms with Gasteiger partial charge in [-0.25, -0.2) is 5.43 Å². The number of hydrogen-bond donors (Lipinski definition) is 1. The van der Waals surface area contributed by atoms with Crippen molar-refractivity contribution >= 4 is 23.7 Å². The van der Waals surface area contributed by atoms with E-state index in [2.05, 4.69) is 24.4 Å². The smallest absolute Gasteiger partial charge is 0.271 e. The van der Waals surface area contributed by atoms with Crippen molar-refractivity contribution in [1.29, 1.82) is 0 Å². The third kappa shape index (κ3) is 5.77. The third-order valence-corrected chi connectivity index (χ3v) is 3.59. The highest BCUT2D eigenvalue weighted by molar-refractivity contribution is 6.32. The lowest BCUT2D eigenvalue weighted by molar-refractivity contribution is 0.0955. The summed E-state index contributed by atoms with van der Waals surface area (Å²) in [6.07, 6.45) is 1.52. The van der Waals surface area contributed by atoms with E-state index in [1.807, 2.05) is 13.0 Å². The van der Waals surface area contributed by atoms with Gasteiger partial charge in [0.15, 0.2) is 11.5 Å². The second-order valence-electron chi connectivity index (χ2n) is 6.03. The number of benzene rings is 2. The molecule has 138 valence electrons. The van der Waals surface area contributed by atoms with E-state index in [1.54, 1.807) is 36.4 Å². The molecule has 0 saturated carbocycles. The Morgan fingerprint density at radius 2 is 1.96 bits per heavy atom. The number of rotatable bonds is 8. The van der Waals surface area contributed by atoms with Crippen LogP contribution in [-0.4, -0.2) is 25.3 Å². The molecule has 0 spiro atoms. The van der Waals surface area contributed by atoms with E-state index in [1.165, 1.54) is 6.21 Å². The van der Waals surface area contributed by atoms with Crippen LogP contribution in [0.4, 0.5) is 0 Å². The van der Waals surface area contributed by atoms with E-state index in [0.717, 1.165) is 0 Å². The van der Waals surface area contributed by atoms with Gasteiger partial charge in [0.25, 0.3) is 5.91 Å². The van der Waals surface area contributed by atoms with E-state index in [0.29, 0.717) is 46.8 Å². The first kappa shape index (κ1) is 19.8. The first-order chi connectivity index (χ1) is 12.5. The molecule has 6 heteroatoms. The van der Waals surface area contributed by atoms with Gasteiger partial charge in [-0.2, -0.15) is 5.10 Å². The van der Waals surface area contributed by atoms with Crippen LogP contribution in [0.5, 0.6) is 11.5 Å². The molecule has 0 fully saturated rings. The van der Waals surface area contributed by atoms with Crippen molar-refractivity contribution in [2.75, 3.05) is 13.2 Å². The fourth-order valence-corrected chi connectivity index (χ4v) is 2.41. The molecule has 26 heavy (non-hydrogen) atoms. The molecule has 0 heterocycles. The second-order valence-corrected chi connectivity index (χ2v) is 6.44. The first-order valence-electron chi connectivity index (χ1n) is 8.48. The van der Waals surface area contributed by atoms with E-state index in [4.69, 9.17) is 21.1 Å². The van der Waals surface area contributed by atoms with Crippen LogP contribution < -0.4 is 14.9 Å². The lowest BCUT2D eigenvalue weighted by Crippen LogP contribution is -2.17. The lowest BCUT2D eigenvalue weighted by atomic mass is 10.2. The van der Waals surface area contributed by atoms with Crippen LogP contribution in [0.15, 0.2) is 47.6 Å². The zero-order valence-corrected chi connectivity index (χ0v) is 15.9. The quantitative estimate of drug-likeness (QED) is 0.545. The van der Waals surface area contributed by atoms with Crippen molar-refractivity contribution in [3.8, 4) is 11.5 Å². The summed E-state index contributed by atoms with van der Waals surface area (Å²) >= 11 is 6.34. The van der Waals surface area contributed by atoms with Crippen LogP contribution in [-0.2, 0) is 0 Å². The fourth-order valence-electron chi connectivity index (χ4n) is 2.13. The molecule has 0 saturated heterocycles. The Morgan fingerprint density at radius 1 is 1.23 bits per heavy atom. The fraction of sp³-hybridized carbons (Fsp3) is 0.300. The maximum atomic E-state index is 12.0. The maximum Gasteiger partial charge on any atom is 0.271 e. The van der Waals surface area contributed by atoms with E-state index in [-0.39, 0.29) is 5.91 Å². The highest BCUT2D eigenvalue weighted by atomic mass is 35.5. The number of hydrogen-bond acceptors (Lipinski definition) is 4. The molecule has 0 aromatic heterocycles. The minimum Gasteiger partial charge on any atom is -0.490 e. The summed E-state index contributed by atoms with van der Waals surface area (Å²) in [5.74, 6) is 1.16. The zero-order chi connectivity index (χ0) is 18.9. The molecule has 0 radical (unpaired) electrons. The molecule has 1 N–H and O–H groups in total. The summed E-state index contributed by atoms with van der Waals surface area (Å²) in [4.78, 5) is 12.0. The molecule has 2 rings (SSSR count). The van der Waals surface area contributed by atoms with Crippen molar-refractivity contribution in [1.82, 2.24) is 5.43 Å². The molecule has 1 amide bonds. The molecule has 0 unspecified atom stereocenters. The van der Waals surface area contributed by atoms with Gasteiger partial charge in [0, 0.05) is 5.56 Å². The standard InChI is InChI=1S/C20H23ClN2O3/c1-4-25-18-11-15(10-17(21)19(18)26-13-14(2)3)12-22-23-20(24)16-8-6-5-7-9-16/h5-12,14H,4,13H2,1-3H3,(H,23,24)/b22-12+. The molecule has 0 atom stereocenters. The predicted octanol–water partition coefficient (Wildman–Crippen LogP) is 4.54. The van der Waals surface area contributed by atoms with Gasteiger partial charge < -0.3 is 9.47 Å². The maximum absolute atomic E-state index is 12.0. The van der Waals surface area contributed by atoms with E-state index < -0.39 is 0 Å². The lowest BCUT2D eigenvalue weighted by Gasteiger charge is -2.15. The molecule has 2 aromatic carbocycles. The Labute approximate surface area is 159 Å². The number of carbonyl (C=O) groups is 1. The number of carbonyl (C=O) groups excluding carboxylic acids is 1. The summed E-state index contributed by atoms with van der Waals surface area (Å²) in [6.45, 7) is 7.04. The molecule has 0 aliphatic carbocycles. The summed E-state index contributed by atoms with van der Waals surface area (Å²) in [5, 5.41) is 4.42. The van der Waals surface area contributed by atoms with E-state index >= 15 is 0 Å². The molecule has 0 aliphatic heterocycles. The van der Waals surface area contributed by atoms with Crippen molar-refractivity contribution < 1.29 is 14.3 Å². The van der Waals surface area contributed by atoms with Gasteiger partial charge in [0.1, 0.15) is 0 Å². The van der Waals surface area contributed by atoms with Crippen LogP contribution >= 0.6 is 11.6 Å². The monoisotopic (exact) mass is 374 g/mol. The third-order valence-electron chi connectivity index (χ3n) is 3.31. The largest absolute Gasteiger partial charge is 0.490 e. The normalized spacial score (nSPS) is 11.0. The van der Waals surface area contributed by atoms with Crippen LogP contribution in [0.3, 0.4) is 0 Å². The minimum atomic E-state index is -0.283. The molecular weight excluding hydrogens is 352 g/mol. The van der Waals surface area contributed by atoms with Gasteiger partial charge in [-0.1, -0.05) is 43.6 Å². The Bertz CT molecular complexity index is 761. The second kappa shape index (κ2) is 9.82. The molecule has 0 aliphatic rings. The van der Waals surface area contributed by atoms with Crippen LogP contribution in [0, 0.1) is 5.92 Å². The number of halogens is 1. The number of nitrogens with one attached hydrogen (secondary N) is 1. The average Bonchev–Trinajstić information content (AvgIpc) is 2.61. The zero-order valence-electron chi connectivity index (χ0n) is 15.2. The molecule has 0 bridgehead atoms. The highest BCUT2D eigenvalue weighted by Gasteiger charge is 2.13. The van der Waals surface area contributed by atoms with Crippen molar-refractivity contribution in [3.05, 3.63) is 58.6 Å². The van der Waals surface area contributed by atoms with Crippen LogP contribution in [0.2, 0.25) is 5.02 Å². The average molecular weight is 375 g/mol. The summed E-state index contributed by atoms with van der Waals surface area (Å²) in [5.41, 5.74) is 3.72. The summed E-state index contributed by atoms with van der Waals surface area (Å²) in [7, 11) is 0. The Balaban J connectivity index is 2.12. The van der Waals surface area contributed by atoms with Gasteiger partial charge in [0.2, 0.25) is 0 Å². The number of hydrazone groups is 1. The predicted molar refractivity (Wildman–Crippen MR) is 104 cm³/mol. The summed E-state index contributed by atoms with van der Waals surface area (Å²) in [6, 6.07) is 12.4. The van der Waals surface area contributed by atoms with Gasteiger partial charge in [-0.05, 0) is 42.7 Å². The van der Waals surface area contributed by atoms with Crippen LogP contribution in [0.1, 0.15) is 36.7 Å². The topological polar surface area (TPSA) is 59.9 Å². The van der Waals surface area contributed by atoms with Gasteiger partial charge in [-0.3, -0.25) is 4.79 Å². The first-order valence-corrected chi connectivity index (χ1v) is 8.86. The minimum absolute atomic E-state index is 0.283. The number of ether oxygens (including phenoxy) is 2. The Kier molecular flexibility index (Phi) is 7.48. The highest BCUT2D eigenvalue weighted by Crippen LogP contribution is 2.36. The van der Waals surface area contributed by atoms with Gasteiger partial charge in [0.05, 0.1) is 24.5 Å². The Morgan fingerprint density at radius 3 is 2.62 bits per heavy atom. The van der Waals surface area contributed by atoms with Gasteiger partial charge >= 0.3 is 0 Å². The van der Waals surface area contributed by atoms with Crippen molar-refractivity contribution in [2.45, 2.75) is 20.8 Å². The molecule has 5 nitrogen and oxygen atoms in total.